The second kappa shape index (κ2) is 11.1. The Kier molecular flexibility index (Phi) is 7.93. The average Bonchev–Trinajstić information content (AvgIpc) is 2.81. The summed E-state index contributed by atoms with van der Waals surface area (Å²) in [4.78, 5) is 12.9. The van der Waals surface area contributed by atoms with Crippen LogP contribution in [0.25, 0.3) is 6.08 Å². The maximum atomic E-state index is 14.3. The third-order valence-electron chi connectivity index (χ3n) is 4.94. The average molecular weight is 447 g/mol. The second-order valence-corrected chi connectivity index (χ2v) is 7.73. The summed E-state index contributed by atoms with van der Waals surface area (Å²) < 4.78 is 38.4. The minimum Gasteiger partial charge on any atom is -0.454 e. The first kappa shape index (κ1) is 23.7. The van der Waals surface area contributed by atoms with E-state index in [1.807, 2.05) is 19.9 Å². The molecule has 33 heavy (non-hydrogen) atoms. The number of carbonyl (C=O) groups excluding carboxylic acids is 1. The van der Waals surface area contributed by atoms with Crippen molar-refractivity contribution >= 4 is 12.0 Å². The van der Waals surface area contributed by atoms with E-state index in [0.29, 0.717) is 11.3 Å². The molecule has 0 heterocycles. The number of nitriles is 1. The van der Waals surface area contributed by atoms with Crippen LogP contribution in [0.15, 0.2) is 78.9 Å². The Bertz CT molecular complexity index is 1150. The molecule has 0 radical (unpaired) electrons. The normalized spacial score (nSPS) is 12.8. The van der Waals surface area contributed by atoms with Crippen LogP contribution in [0.3, 0.4) is 0 Å². The van der Waals surface area contributed by atoms with Crippen LogP contribution in [-0.2, 0) is 9.53 Å². The highest BCUT2D eigenvalue weighted by Gasteiger charge is 2.26. The van der Waals surface area contributed by atoms with Crippen molar-refractivity contribution in [2.75, 3.05) is 0 Å². The monoisotopic (exact) mass is 447 g/mol. The van der Waals surface area contributed by atoms with Crippen LogP contribution in [0.4, 0.5) is 8.78 Å². The van der Waals surface area contributed by atoms with Crippen LogP contribution < -0.4 is 4.74 Å². The van der Waals surface area contributed by atoms with Gasteiger partial charge in [0, 0.05) is 5.56 Å². The predicted octanol–water partition coefficient (Wildman–Crippen LogP) is 6.85. The molecule has 168 valence electrons. The van der Waals surface area contributed by atoms with Gasteiger partial charge >= 0.3 is 5.97 Å². The van der Waals surface area contributed by atoms with Crippen molar-refractivity contribution in [3.05, 3.63) is 102 Å². The molecule has 0 saturated heterocycles. The summed E-state index contributed by atoms with van der Waals surface area (Å²) in [6.07, 6.45) is 2.14. The molecule has 0 N–H and O–H groups in total. The van der Waals surface area contributed by atoms with Crippen LogP contribution in [0.1, 0.15) is 31.1 Å². The lowest BCUT2D eigenvalue weighted by atomic mass is 9.94. The smallest absolute Gasteiger partial charge is 0.314 e. The van der Waals surface area contributed by atoms with Gasteiger partial charge < -0.3 is 9.47 Å². The van der Waals surface area contributed by atoms with Crippen LogP contribution in [-0.4, -0.2) is 5.97 Å². The van der Waals surface area contributed by atoms with Gasteiger partial charge in [-0.1, -0.05) is 62.4 Å². The number of esters is 1. The molecular formula is C27H23F2NO3. The zero-order valence-corrected chi connectivity index (χ0v) is 18.2. The molecule has 2 atom stereocenters. The zero-order chi connectivity index (χ0) is 23.8. The number of hydrogen-bond donors (Lipinski definition) is 0. The van der Waals surface area contributed by atoms with Crippen molar-refractivity contribution in [3.63, 3.8) is 0 Å². The molecule has 0 spiro atoms. The molecule has 0 aliphatic carbocycles. The molecule has 6 heteroatoms. The lowest BCUT2D eigenvalue weighted by Gasteiger charge is -2.19. The highest BCUT2D eigenvalue weighted by molar-refractivity contribution is 5.76. The van der Waals surface area contributed by atoms with Gasteiger partial charge in [-0.3, -0.25) is 4.79 Å². The molecule has 0 bridgehead atoms. The van der Waals surface area contributed by atoms with Crippen molar-refractivity contribution in [1.29, 1.82) is 5.26 Å². The highest BCUT2D eigenvalue weighted by atomic mass is 19.1. The van der Waals surface area contributed by atoms with Gasteiger partial charge in [0.05, 0.1) is 5.92 Å². The molecule has 3 rings (SSSR count). The minimum absolute atomic E-state index is 0.0772. The summed E-state index contributed by atoms with van der Waals surface area (Å²) in [6.45, 7) is 3.71. The van der Waals surface area contributed by atoms with Gasteiger partial charge in [-0.05, 0) is 47.9 Å². The number of hydrogen-bond acceptors (Lipinski definition) is 4. The van der Waals surface area contributed by atoms with Crippen molar-refractivity contribution in [1.82, 2.24) is 0 Å². The van der Waals surface area contributed by atoms with E-state index >= 15 is 0 Å². The SMILES string of the molecule is CC(C)C(/C=C/c1ccc(F)cc1)C(=O)OC(C#N)c1ccc(F)c(Oc2ccccc2)c1. The number of benzene rings is 3. The lowest BCUT2D eigenvalue weighted by molar-refractivity contribution is -0.151. The van der Waals surface area contributed by atoms with Crippen LogP contribution >= 0.6 is 0 Å². The van der Waals surface area contributed by atoms with Gasteiger partial charge in [0.25, 0.3) is 0 Å². The summed E-state index contributed by atoms with van der Waals surface area (Å²) in [5.41, 5.74) is 1.02. The molecule has 0 aliphatic heterocycles. The first-order valence-corrected chi connectivity index (χ1v) is 10.4. The van der Waals surface area contributed by atoms with E-state index in [1.54, 1.807) is 54.6 Å². The number of carbonyl (C=O) groups is 1. The molecule has 4 nitrogen and oxygen atoms in total. The van der Waals surface area contributed by atoms with Crippen molar-refractivity contribution in [2.24, 2.45) is 11.8 Å². The van der Waals surface area contributed by atoms with Gasteiger partial charge in [-0.2, -0.15) is 5.26 Å². The fourth-order valence-electron chi connectivity index (χ4n) is 3.10. The summed E-state index contributed by atoms with van der Waals surface area (Å²) >= 11 is 0. The molecule has 0 saturated carbocycles. The van der Waals surface area contributed by atoms with Gasteiger partial charge in [0.2, 0.25) is 6.10 Å². The molecule has 2 unspecified atom stereocenters. The van der Waals surface area contributed by atoms with Gasteiger partial charge in [0.1, 0.15) is 17.6 Å². The first-order valence-electron chi connectivity index (χ1n) is 10.4. The second-order valence-electron chi connectivity index (χ2n) is 7.73. The number of ether oxygens (including phenoxy) is 2. The summed E-state index contributed by atoms with van der Waals surface area (Å²) in [5, 5.41) is 9.62. The fraction of sp³-hybridized carbons (Fsp3) is 0.185. The number of para-hydroxylation sites is 1. The van der Waals surface area contributed by atoms with Gasteiger partial charge in [-0.15, -0.1) is 0 Å². The quantitative estimate of drug-likeness (QED) is 0.354. The molecule has 3 aromatic rings. The van der Waals surface area contributed by atoms with E-state index < -0.39 is 23.8 Å². The molecule has 0 amide bonds. The number of halogens is 2. The van der Waals surface area contributed by atoms with Crippen molar-refractivity contribution in [3.8, 4) is 17.6 Å². The van der Waals surface area contributed by atoms with Gasteiger partial charge in [0.15, 0.2) is 11.6 Å². The number of rotatable bonds is 8. The van der Waals surface area contributed by atoms with E-state index in [1.165, 1.54) is 30.3 Å². The maximum Gasteiger partial charge on any atom is 0.314 e. The Labute approximate surface area is 191 Å². The van der Waals surface area contributed by atoms with E-state index in [2.05, 4.69) is 0 Å². The van der Waals surface area contributed by atoms with Crippen LogP contribution in [0.2, 0.25) is 0 Å². The maximum absolute atomic E-state index is 14.3. The van der Waals surface area contributed by atoms with E-state index in [-0.39, 0.29) is 17.5 Å². The third-order valence-corrected chi connectivity index (χ3v) is 4.94. The molecule has 3 aromatic carbocycles. The van der Waals surface area contributed by atoms with Crippen LogP contribution in [0.5, 0.6) is 11.5 Å². The Balaban J connectivity index is 1.77. The van der Waals surface area contributed by atoms with E-state index in [4.69, 9.17) is 9.47 Å². The largest absolute Gasteiger partial charge is 0.454 e. The Morgan fingerprint density at radius 3 is 2.33 bits per heavy atom. The summed E-state index contributed by atoms with van der Waals surface area (Å²) in [7, 11) is 0. The summed E-state index contributed by atoms with van der Waals surface area (Å²) in [5.74, 6) is -1.93. The predicted molar refractivity (Wildman–Crippen MR) is 121 cm³/mol. The van der Waals surface area contributed by atoms with E-state index in [9.17, 15) is 18.8 Å². The van der Waals surface area contributed by atoms with E-state index in [0.717, 1.165) is 5.56 Å². The van der Waals surface area contributed by atoms with Crippen LogP contribution in [0, 0.1) is 34.8 Å². The summed E-state index contributed by atoms with van der Waals surface area (Å²) in [6, 6.07) is 20.4. The molecular weight excluding hydrogens is 424 g/mol. The van der Waals surface area contributed by atoms with Crippen molar-refractivity contribution < 1.29 is 23.0 Å². The highest BCUT2D eigenvalue weighted by Crippen LogP contribution is 2.30. The topological polar surface area (TPSA) is 59.3 Å². The zero-order valence-electron chi connectivity index (χ0n) is 18.2. The van der Waals surface area contributed by atoms with Gasteiger partial charge in [-0.25, -0.2) is 8.78 Å². The molecule has 0 aromatic heterocycles. The first-order chi connectivity index (χ1) is 15.9. The number of nitrogens with zero attached hydrogens (tertiary/aromatic N) is 1. The molecule has 0 fully saturated rings. The third kappa shape index (κ3) is 6.50. The fourth-order valence-corrected chi connectivity index (χ4v) is 3.10. The van der Waals surface area contributed by atoms with Crippen molar-refractivity contribution in [2.45, 2.75) is 20.0 Å². The standard InChI is InChI=1S/C27H23F2NO3/c1-18(2)23(14-10-19-8-12-21(28)13-9-19)27(31)33-26(17-30)20-11-15-24(29)25(16-20)32-22-6-4-3-5-7-22/h3-16,18,23,26H,1-2H3/b14-10+. The lowest BCUT2D eigenvalue weighted by Crippen LogP contribution is -2.22. The Hall–Kier alpha value is -3.98. The minimum atomic E-state index is -1.24. The Morgan fingerprint density at radius 1 is 1.00 bits per heavy atom. The Morgan fingerprint density at radius 2 is 1.70 bits per heavy atom. The molecule has 0 aliphatic rings.